The smallest absolute Gasteiger partial charge is 0.270 e. The molecule has 0 unspecified atom stereocenters. The number of nitrogens with one attached hydrogen (secondary N) is 2. The first-order chi connectivity index (χ1) is 8.62. The summed E-state index contributed by atoms with van der Waals surface area (Å²) in [5.41, 5.74) is 2.36. The van der Waals surface area contributed by atoms with Gasteiger partial charge in [-0.15, -0.1) is 0 Å². The molecule has 0 spiro atoms. The van der Waals surface area contributed by atoms with E-state index in [4.69, 9.17) is 0 Å². The van der Waals surface area contributed by atoms with Crippen LogP contribution in [0.2, 0.25) is 0 Å². The molecule has 18 heavy (non-hydrogen) atoms. The van der Waals surface area contributed by atoms with Crippen molar-refractivity contribution in [3.8, 4) is 11.1 Å². The minimum Gasteiger partial charge on any atom is -0.270 e. The molecule has 4 nitrogen and oxygen atoms in total. The molecule has 2 aromatic carbocycles. The lowest BCUT2D eigenvalue weighted by atomic mass is 10.0. The van der Waals surface area contributed by atoms with Crippen molar-refractivity contribution < 1.29 is 8.42 Å². The van der Waals surface area contributed by atoms with E-state index in [0.29, 0.717) is 5.69 Å². The van der Waals surface area contributed by atoms with Gasteiger partial charge in [0.15, 0.2) is 0 Å². The van der Waals surface area contributed by atoms with Crippen LogP contribution in [0.5, 0.6) is 0 Å². The number of para-hydroxylation sites is 1. The SMILES string of the molecule is CNS(=O)(=O)Nc1ccccc1-c1ccccc1. The molecule has 0 aromatic heterocycles. The van der Waals surface area contributed by atoms with Gasteiger partial charge in [0.25, 0.3) is 10.2 Å². The van der Waals surface area contributed by atoms with Crippen molar-refractivity contribution in [3.63, 3.8) is 0 Å². The summed E-state index contributed by atoms with van der Waals surface area (Å²) in [5, 5.41) is 0. The molecule has 0 bridgehead atoms. The molecule has 2 aromatic rings. The van der Waals surface area contributed by atoms with Gasteiger partial charge in [0.05, 0.1) is 5.69 Å². The zero-order chi connectivity index (χ0) is 13.0. The fourth-order valence-corrected chi connectivity index (χ4v) is 2.21. The van der Waals surface area contributed by atoms with Gasteiger partial charge in [-0.1, -0.05) is 48.5 Å². The van der Waals surface area contributed by atoms with Crippen LogP contribution in [0.3, 0.4) is 0 Å². The molecule has 0 fully saturated rings. The summed E-state index contributed by atoms with van der Waals surface area (Å²) in [7, 11) is -2.13. The van der Waals surface area contributed by atoms with Crippen molar-refractivity contribution >= 4 is 15.9 Å². The number of anilines is 1. The van der Waals surface area contributed by atoms with Gasteiger partial charge in [-0.2, -0.15) is 8.42 Å². The largest absolute Gasteiger partial charge is 0.298 e. The van der Waals surface area contributed by atoms with Crippen molar-refractivity contribution in [3.05, 3.63) is 54.6 Å². The monoisotopic (exact) mass is 262 g/mol. The molecule has 0 heterocycles. The first-order valence-electron chi connectivity index (χ1n) is 5.48. The Morgan fingerprint density at radius 3 is 2.17 bits per heavy atom. The van der Waals surface area contributed by atoms with Gasteiger partial charge in [-0.05, 0) is 11.6 Å². The second-order valence-corrected chi connectivity index (χ2v) is 5.34. The van der Waals surface area contributed by atoms with Crippen LogP contribution in [0.1, 0.15) is 0 Å². The Morgan fingerprint density at radius 1 is 0.889 bits per heavy atom. The van der Waals surface area contributed by atoms with Crippen molar-refractivity contribution in [1.82, 2.24) is 4.72 Å². The summed E-state index contributed by atoms with van der Waals surface area (Å²) < 4.78 is 27.8. The zero-order valence-corrected chi connectivity index (χ0v) is 10.7. The lowest BCUT2D eigenvalue weighted by molar-refractivity contribution is 0.593. The minimum atomic E-state index is -3.50. The Bertz CT molecular complexity index is 624. The van der Waals surface area contributed by atoms with E-state index in [1.807, 2.05) is 42.5 Å². The highest BCUT2D eigenvalue weighted by Crippen LogP contribution is 2.27. The van der Waals surface area contributed by atoms with Crippen LogP contribution >= 0.6 is 0 Å². The van der Waals surface area contributed by atoms with Gasteiger partial charge in [-0.3, -0.25) is 4.72 Å². The van der Waals surface area contributed by atoms with Crippen molar-refractivity contribution in [1.29, 1.82) is 0 Å². The fourth-order valence-electron chi connectivity index (χ4n) is 1.64. The molecule has 2 rings (SSSR count). The van der Waals surface area contributed by atoms with Gasteiger partial charge in [0, 0.05) is 12.6 Å². The average Bonchev–Trinajstić information content (AvgIpc) is 2.40. The van der Waals surface area contributed by atoms with E-state index in [1.54, 1.807) is 12.1 Å². The molecule has 0 radical (unpaired) electrons. The van der Waals surface area contributed by atoms with Crippen LogP contribution < -0.4 is 9.44 Å². The molecule has 0 saturated carbocycles. The fraction of sp³-hybridized carbons (Fsp3) is 0.0769. The van der Waals surface area contributed by atoms with E-state index in [2.05, 4.69) is 9.44 Å². The highest BCUT2D eigenvalue weighted by Gasteiger charge is 2.10. The maximum atomic E-state index is 11.5. The summed E-state index contributed by atoms with van der Waals surface area (Å²) >= 11 is 0. The van der Waals surface area contributed by atoms with Gasteiger partial charge in [0.2, 0.25) is 0 Å². The summed E-state index contributed by atoms with van der Waals surface area (Å²) in [6.45, 7) is 0. The van der Waals surface area contributed by atoms with Crippen LogP contribution in [0.15, 0.2) is 54.6 Å². The number of rotatable bonds is 4. The molecule has 5 heteroatoms. The maximum Gasteiger partial charge on any atom is 0.298 e. The molecule has 0 saturated heterocycles. The number of benzene rings is 2. The third-order valence-corrected chi connectivity index (χ3v) is 3.55. The van der Waals surface area contributed by atoms with E-state index in [0.717, 1.165) is 11.1 Å². The molecule has 0 aliphatic rings. The summed E-state index contributed by atoms with van der Waals surface area (Å²) in [6, 6.07) is 16.9. The van der Waals surface area contributed by atoms with Crippen LogP contribution in [-0.4, -0.2) is 15.5 Å². The third-order valence-electron chi connectivity index (χ3n) is 2.52. The highest BCUT2D eigenvalue weighted by atomic mass is 32.2. The lowest BCUT2D eigenvalue weighted by Gasteiger charge is -2.11. The molecule has 94 valence electrons. The minimum absolute atomic E-state index is 0.554. The molecule has 0 atom stereocenters. The second-order valence-electron chi connectivity index (χ2n) is 3.72. The topological polar surface area (TPSA) is 58.2 Å². The first kappa shape index (κ1) is 12.6. The maximum absolute atomic E-state index is 11.5. The van der Waals surface area contributed by atoms with E-state index >= 15 is 0 Å². The summed E-state index contributed by atoms with van der Waals surface area (Å²) in [6.07, 6.45) is 0. The number of hydrogen-bond donors (Lipinski definition) is 2. The summed E-state index contributed by atoms with van der Waals surface area (Å²) in [5.74, 6) is 0. The van der Waals surface area contributed by atoms with Crippen molar-refractivity contribution in [2.75, 3.05) is 11.8 Å². The Kier molecular flexibility index (Phi) is 3.64. The molecular weight excluding hydrogens is 248 g/mol. The first-order valence-corrected chi connectivity index (χ1v) is 6.96. The quantitative estimate of drug-likeness (QED) is 0.887. The van der Waals surface area contributed by atoms with Crippen LogP contribution in [0.4, 0.5) is 5.69 Å². The van der Waals surface area contributed by atoms with Gasteiger partial charge >= 0.3 is 0 Å². The van der Waals surface area contributed by atoms with E-state index < -0.39 is 10.2 Å². The van der Waals surface area contributed by atoms with E-state index in [-0.39, 0.29) is 0 Å². The Balaban J connectivity index is 2.44. The van der Waals surface area contributed by atoms with Crippen LogP contribution in [0.25, 0.3) is 11.1 Å². The third kappa shape index (κ3) is 2.88. The molecule has 2 N–H and O–H groups in total. The van der Waals surface area contributed by atoms with Gasteiger partial charge in [-0.25, -0.2) is 4.72 Å². The molecule has 0 aliphatic carbocycles. The molecular formula is C13H14N2O2S. The molecule has 0 amide bonds. The van der Waals surface area contributed by atoms with Crippen molar-refractivity contribution in [2.45, 2.75) is 0 Å². The normalized spacial score (nSPS) is 11.2. The zero-order valence-electron chi connectivity index (χ0n) is 9.92. The molecule has 0 aliphatic heterocycles. The van der Waals surface area contributed by atoms with Gasteiger partial charge in [0.1, 0.15) is 0 Å². The summed E-state index contributed by atoms with van der Waals surface area (Å²) in [4.78, 5) is 0. The Labute approximate surface area is 107 Å². The standard InChI is InChI=1S/C13H14N2O2S/c1-14-18(16,17)15-13-10-6-5-9-12(13)11-7-3-2-4-8-11/h2-10,14-15H,1H3. The van der Waals surface area contributed by atoms with Crippen LogP contribution in [-0.2, 0) is 10.2 Å². The Morgan fingerprint density at radius 2 is 1.50 bits per heavy atom. The predicted octanol–water partition coefficient (Wildman–Crippen LogP) is 2.23. The average molecular weight is 262 g/mol. The van der Waals surface area contributed by atoms with Crippen molar-refractivity contribution in [2.24, 2.45) is 0 Å². The highest BCUT2D eigenvalue weighted by molar-refractivity contribution is 7.90. The van der Waals surface area contributed by atoms with E-state index in [1.165, 1.54) is 7.05 Å². The number of hydrogen-bond acceptors (Lipinski definition) is 2. The van der Waals surface area contributed by atoms with E-state index in [9.17, 15) is 8.42 Å². The van der Waals surface area contributed by atoms with Gasteiger partial charge < -0.3 is 0 Å². The predicted molar refractivity (Wildman–Crippen MR) is 73.5 cm³/mol. The van der Waals surface area contributed by atoms with Crippen LogP contribution in [0, 0.1) is 0 Å². The Hall–Kier alpha value is -1.85. The second kappa shape index (κ2) is 5.20. The lowest BCUT2D eigenvalue weighted by Crippen LogP contribution is -2.26.